The number of anilines is 1. The van der Waals surface area contributed by atoms with Gasteiger partial charge in [0.1, 0.15) is 11.5 Å². The number of hydrogen-bond donors (Lipinski definition) is 1. The highest BCUT2D eigenvalue weighted by Crippen LogP contribution is 2.26. The lowest BCUT2D eigenvalue weighted by molar-refractivity contribution is 0.632. The lowest BCUT2D eigenvalue weighted by Crippen LogP contribution is -2.10. The van der Waals surface area contributed by atoms with Crippen molar-refractivity contribution in [1.29, 1.82) is 0 Å². The summed E-state index contributed by atoms with van der Waals surface area (Å²) in [5.41, 5.74) is 3.05. The van der Waals surface area contributed by atoms with Crippen LogP contribution in [0.25, 0.3) is 11.5 Å². The molecule has 0 aliphatic rings. The molecule has 0 saturated heterocycles. The number of aryl methyl sites for hydroxylation is 1. The second-order valence-electron chi connectivity index (χ2n) is 5.45. The summed E-state index contributed by atoms with van der Waals surface area (Å²) >= 11 is 2.33. The fourth-order valence-corrected chi connectivity index (χ4v) is 2.78. The molecule has 0 radical (unpaired) electrons. The maximum atomic E-state index is 4.77. The van der Waals surface area contributed by atoms with E-state index in [9.17, 15) is 0 Å². The molecule has 0 amide bonds. The number of hydrogen-bond acceptors (Lipinski definition) is 4. The van der Waals surface area contributed by atoms with E-state index in [0.29, 0.717) is 11.7 Å². The van der Waals surface area contributed by atoms with E-state index in [0.717, 1.165) is 39.3 Å². The van der Waals surface area contributed by atoms with E-state index in [4.69, 9.17) is 4.98 Å². The predicted molar refractivity (Wildman–Crippen MR) is 95.4 cm³/mol. The Morgan fingerprint density at radius 2 is 2.05 bits per heavy atom. The topological polar surface area (TPSA) is 50.7 Å². The molecule has 2 heterocycles. The number of rotatable bonds is 5. The number of nitrogens with zero attached hydrogens (tertiary/aromatic N) is 3. The molecule has 2 aromatic heterocycles. The molecule has 2 rings (SSSR count). The maximum Gasteiger partial charge on any atom is 0.180 e. The molecule has 21 heavy (non-hydrogen) atoms. The second-order valence-corrected chi connectivity index (χ2v) is 6.53. The summed E-state index contributed by atoms with van der Waals surface area (Å²) in [6, 6.07) is 3.98. The Bertz CT molecular complexity index is 626. The van der Waals surface area contributed by atoms with E-state index in [1.807, 2.05) is 19.1 Å². The van der Waals surface area contributed by atoms with Gasteiger partial charge in [-0.3, -0.25) is 4.98 Å². The van der Waals surface area contributed by atoms with Crippen LogP contribution in [0, 0.1) is 16.4 Å². The van der Waals surface area contributed by atoms with E-state index in [1.54, 1.807) is 6.20 Å². The van der Waals surface area contributed by atoms with Crippen molar-refractivity contribution >= 4 is 28.4 Å². The van der Waals surface area contributed by atoms with Gasteiger partial charge in [-0.25, -0.2) is 9.97 Å². The normalized spacial score (nSPS) is 11.0. The standard InChI is InChI=1S/C16H21IN4/c1-5-18-15-13(17)12(9-10(2)3)20-16(21-15)14-11(4)7-6-8-19-14/h6-8,10H,5,9H2,1-4H3,(H,18,20,21). The van der Waals surface area contributed by atoms with Crippen LogP contribution in [0.1, 0.15) is 32.0 Å². The van der Waals surface area contributed by atoms with E-state index < -0.39 is 0 Å². The summed E-state index contributed by atoms with van der Waals surface area (Å²) < 4.78 is 1.11. The molecule has 0 saturated carbocycles. The quantitative estimate of drug-likeness (QED) is 0.774. The second kappa shape index (κ2) is 7.15. The zero-order valence-electron chi connectivity index (χ0n) is 12.9. The molecule has 0 spiro atoms. The van der Waals surface area contributed by atoms with Crippen LogP contribution in [0.2, 0.25) is 0 Å². The van der Waals surface area contributed by atoms with Gasteiger partial charge >= 0.3 is 0 Å². The van der Waals surface area contributed by atoms with Gasteiger partial charge in [0, 0.05) is 12.7 Å². The molecule has 2 aromatic rings. The molecule has 4 nitrogen and oxygen atoms in total. The van der Waals surface area contributed by atoms with Gasteiger partial charge in [0.05, 0.1) is 9.26 Å². The highest BCUT2D eigenvalue weighted by atomic mass is 127. The van der Waals surface area contributed by atoms with Gasteiger partial charge in [0.25, 0.3) is 0 Å². The smallest absolute Gasteiger partial charge is 0.180 e. The first-order valence-electron chi connectivity index (χ1n) is 7.25. The Hall–Kier alpha value is -1.24. The number of nitrogens with one attached hydrogen (secondary N) is 1. The van der Waals surface area contributed by atoms with E-state index in [2.05, 4.69) is 58.6 Å². The first-order valence-corrected chi connectivity index (χ1v) is 8.33. The van der Waals surface area contributed by atoms with Gasteiger partial charge in [-0.2, -0.15) is 0 Å². The van der Waals surface area contributed by atoms with Crippen molar-refractivity contribution in [2.24, 2.45) is 5.92 Å². The largest absolute Gasteiger partial charge is 0.369 e. The van der Waals surface area contributed by atoms with Crippen LogP contribution in [0.3, 0.4) is 0 Å². The van der Waals surface area contributed by atoms with Crippen LogP contribution in [0.15, 0.2) is 18.3 Å². The van der Waals surface area contributed by atoms with Crippen LogP contribution in [-0.4, -0.2) is 21.5 Å². The van der Waals surface area contributed by atoms with Crippen molar-refractivity contribution in [3.05, 3.63) is 33.2 Å². The van der Waals surface area contributed by atoms with Crippen molar-refractivity contribution in [2.45, 2.75) is 34.1 Å². The third-order valence-electron chi connectivity index (χ3n) is 3.09. The van der Waals surface area contributed by atoms with Crippen molar-refractivity contribution in [3.8, 4) is 11.5 Å². The minimum Gasteiger partial charge on any atom is -0.369 e. The average Bonchev–Trinajstić information content (AvgIpc) is 2.43. The minimum atomic E-state index is 0.556. The molecular formula is C16H21IN4. The van der Waals surface area contributed by atoms with Gasteiger partial charge in [0.15, 0.2) is 5.82 Å². The van der Waals surface area contributed by atoms with Crippen LogP contribution >= 0.6 is 22.6 Å². The highest BCUT2D eigenvalue weighted by molar-refractivity contribution is 14.1. The van der Waals surface area contributed by atoms with Gasteiger partial charge in [-0.1, -0.05) is 19.9 Å². The lowest BCUT2D eigenvalue weighted by Gasteiger charge is -2.14. The van der Waals surface area contributed by atoms with Gasteiger partial charge in [-0.15, -0.1) is 0 Å². The number of aromatic nitrogens is 3. The molecule has 0 unspecified atom stereocenters. The number of halogens is 1. The minimum absolute atomic E-state index is 0.556. The lowest BCUT2D eigenvalue weighted by atomic mass is 10.1. The molecule has 0 bridgehead atoms. The average molecular weight is 396 g/mol. The fraction of sp³-hybridized carbons (Fsp3) is 0.438. The van der Waals surface area contributed by atoms with Gasteiger partial charge in [-0.05, 0) is 60.4 Å². The zero-order chi connectivity index (χ0) is 15.4. The van der Waals surface area contributed by atoms with Crippen molar-refractivity contribution in [1.82, 2.24) is 15.0 Å². The summed E-state index contributed by atoms with van der Waals surface area (Å²) in [4.78, 5) is 13.9. The summed E-state index contributed by atoms with van der Waals surface area (Å²) in [6.45, 7) is 9.37. The monoisotopic (exact) mass is 396 g/mol. The summed E-state index contributed by atoms with van der Waals surface area (Å²) in [6.07, 6.45) is 2.73. The molecule has 1 N–H and O–H groups in total. The first-order chi connectivity index (χ1) is 10.0. The molecule has 0 aromatic carbocycles. The van der Waals surface area contributed by atoms with Crippen LogP contribution in [0.4, 0.5) is 5.82 Å². The Morgan fingerprint density at radius 3 is 2.67 bits per heavy atom. The fourth-order valence-electron chi connectivity index (χ4n) is 2.13. The molecule has 0 aliphatic carbocycles. The van der Waals surface area contributed by atoms with Crippen LogP contribution < -0.4 is 5.32 Å². The Morgan fingerprint density at radius 1 is 1.29 bits per heavy atom. The maximum absolute atomic E-state index is 4.77. The molecule has 0 fully saturated rings. The van der Waals surface area contributed by atoms with E-state index in [-0.39, 0.29) is 0 Å². The zero-order valence-corrected chi connectivity index (χ0v) is 15.1. The summed E-state index contributed by atoms with van der Waals surface area (Å²) in [5.74, 6) is 2.17. The molecule has 0 aliphatic heterocycles. The third kappa shape index (κ3) is 3.90. The molecule has 5 heteroatoms. The summed E-state index contributed by atoms with van der Waals surface area (Å²) in [7, 11) is 0. The Balaban J connectivity index is 2.56. The molecule has 0 atom stereocenters. The van der Waals surface area contributed by atoms with Gasteiger partial charge < -0.3 is 5.32 Å². The van der Waals surface area contributed by atoms with E-state index >= 15 is 0 Å². The summed E-state index contributed by atoms with van der Waals surface area (Å²) in [5, 5.41) is 3.33. The van der Waals surface area contributed by atoms with E-state index in [1.165, 1.54) is 0 Å². The SMILES string of the molecule is CCNc1nc(-c2ncccc2C)nc(CC(C)C)c1I. The van der Waals surface area contributed by atoms with Crippen LogP contribution in [-0.2, 0) is 6.42 Å². The molecular weight excluding hydrogens is 375 g/mol. The van der Waals surface area contributed by atoms with Crippen molar-refractivity contribution < 1.29 is 0 Å². The predicted octanol–water partition coefficient (Wildman–Crippen LogP) is 4.08. The molecule has 112 valence electrons. The Labute approximate surface area is 140 Å². The number of pyridine rings is 1. The highest BCUT2D eigenvalue weighted by Gasteiger charge is 2.15. The van der Waals surface area contributed by atoms with Crippen molar-refractivity contribution in [3.63, 3.8) is 0 Å². The third-order valence-corrected chi connectivity index (χ3v) is 4.22. The van der Waals surface area contributed by atoms with Crippen molar-refractivity contribution in [2.75, 3.05) is 11.9 Å². The Kier molecular flexibility index (Phi) is 5.50. The van der Waals surface area contributed by atoms with Gasteiger partial charge in [0.2, 0.25) is 0 Å². The van der Waals surface area contributed by atoms with Crippen LogP contribution in [0.5, 0.6) is 0 Å². The first kappa shape index (κ1) is 16.1.